The average Bonchev–Trinajstić information content (AvgIpc) is 2.87. The maximum atomic E-state index is 12.6. The Morgan fingerprint density at radius 2 is 1.92 bits per heavy atom. The van der Waals surface area contributed by atoms with E-state index < -0.39 is 0 Å². The first-order chi connectivity index (χ1) is 11.7. The van der Waals surface area contributed by atoms with Gasteiger partial charge in [-0.05, 0) is 30.7 Å². The predicted molar refractivity (Wildman–Crippen MR) is 93.1 cm³/mol. The Balaban J connectivity index is 1.77. The first kappa shape index (κ1) is 16.3. The molecule has 1 aromatic carbocycles. The number of hydrogen-bond donors (Lipinski definition) is 0. The lowest BCUT2D eigenvalue weighted by Crippen LogP contribution is -2.35. The summed E-state index contributed by atoms with van der Waals surface area (Å²) in [5.41, 5.74) is 1.98. The topological polar surface area (TPSA) is 60.2 Å². The molecule has 1 amide bonds. The molecule has 1 aliphatic heterocycles. The van der Waals surface area contributed by atoms with Gasteiger partial charge in [0.05, 0.1) is 16.3 Å². The number of nitrogens with zero attached hydrogens (tertiary/aromatic N) is 4. The van der Waals surface area contributed by atoms with Crippen molar-refractivity contribution in [2.75, 3.05) is 31.1 Å². The molecule has 0 spiro atoms. The minimum absolute atomic E-state index is 0.0129. The third-order valence-electron chi connectivity index (χ3n) is 4.13. The molecule has 0 N–H and O–H groups in total. The maximum Gasteiger partial charge on any atom is 0.254 e. The van der Waals surface area contributed by atoms with Crippen LogP contribution in [-0.4, -0.2) is 42.0 Å². The van der Waals surface area contributed by atoms with Crippen LogP contribution in [0.25, 0.3) is 0 Å². The molecule has 0 atom stereocenters. The van der Waals surface area contributed by atoms with Crippen LogP contribution in [0.5, 0.6) is 0 Å². The van der Waals surface area contributed by atoms with Crippen molar-refractivity contribution in [1.82, 2.24) is 9.88 Å². The number of hydrogen-bond acceptors (Lipinski definition) is 4. The molecule has 0 saturated carbocycles. The number of para-hydroxylation sites is 1. The second kappa shape index (κ2) is 7.33. The number of benzene rings is 1. The van der Waals surface area contributed by atoms with Crippen molar-refractivity contribution in [2.24, 2.45) is 0 Å². The molecule has 0 bridgehead atoms. The van der Waals surface area contributed by atoms with E-state index in [-0.39, 0.29) is 5.91 Å². The van der Waals surface area contributed by atoms with Crippen LogP contribution in [-0.2, 0) is 0 Å². The number of carbonyl (C=O) groups excluding carboxylic acids is 1. The summed E-state index contributed by atoms with van der Waals surface area (Å²) in [4.78, 5) is 20.5. The van der Waals surface area contributed by atoms with E-state index in [1.165, 1.54) is 0 Å². The van der Waals surface area contributed by atoms with Gasteiger partial charge in [0.1, 0.15) is 6.07 Å². The minimum Gasteiger partial charge on any atom is -0.367 e. The number of rotatable bonds is 2. The van der Waals surface area contributed by atoms with Gasteiger partial charge in [-0.3, -0.25) is 9.78 Å². The molecule has 1 fully saturated rings. The van der Waals surface area contributed by atoms with E-state index in [0.29, 0.717) is 35.8 Å². The largest absolute Gasteiger partial charge is 0.367 e. The van der Waals surface area contributed by atoms with Gasteiger partial charge in [-0.1, -0.05) is 17.7 Å². The molecular weight excluding hydrogens is 324 g/mol. The van der Waals surface area contributed by atoms with Crippen molar-refractivity contribution in [3.05, 3.63) is 58.9 Å². The van der Waals surface area contributed by atoms with Crippen LogP contribution in [0.2, 0.25) is 5.02 Å². The van der Waals surface area contributed by atoms with Gasteiger partial charge >= 0.3 is 0 Å². The second-order valence-corrected chi connectivity index (χ2v) is 6.02. The van der Waals surface area contributed by atoms with E-state index >= 15 is 0 Å². The van der Waals surface area contributed by atoms with Gasteiger partial charge in [-0.15, -0.1) is 0 Å². The molecule has 1 aliphatic rings. The van der Waals surface area contributed by atoms with Crippen LogP contribution in [0.1, 0.15) is 22.3 Å². The van der Waals surface area contributed by atoms with E-state index in [1.807, 2.05) is 4.90 Å². The number of aromatic nitrogens is 1. The van der Waals surface area contributed by atoms with E-state index in [2.05, 4.69) is 16.0 Å². The predicted octanol–water partition coefficient (Wildman–Crippen LogP) is 2.96. The molecule has 2 aromatic rings. The number of carbonyl (C=O) groups is 1. The third-order valence-corrected chi connectivity index (χ3v) is 4.44. The quantitative estimate of drug-likeness (QED) is 0.843. The standard InChI is InChI=1S/C18H17ClN4O/c19-16-4-1-3-15(13-20)17(16)22-9-2-10-23(12-11-22)18(24)14-5-7-21-8-6-14/h1,3-8H,2,9-12H2. The number of nitriles is 1. The normalized spacial score (nSPS) is 14.8. The summed E-state index contributed by atoms with van der Waals surface area (Å²) in [5, 5.41) is 9.90. The summed E-state index contributed by atoms with van der Waals surface area (Å²) < 4.78 is 0. The van der Waals surface area contributed by atoms with Gasteiger partial charge in [-0.25, -0.2) is 0 Å². The molecule has 24 heavy (non-hydrogen) atoms. The fourth-order valence-corrected chi connectivity index (χ4v) is 3.24. The molecule has 1 saturated heterocycles. The molecule has 0 radical (unpaired) electrons. The molecule has 6 heteroatoms. The molecular formula is C18H17ClN4O. The van der Waals surface area contributed by atoms with Crippen LogP contribution in [0.3, 0.4) is 0 Å². The van der Waals surface area contributed by atoms with Crippen molar-refractivity contribution in [2.45, 2.75) is 6.42 Å². The van der Waals surface area contributed by atoms with Gasteiger partial charge in [0.2, 0.25) is 0 Å². The van der Waals surface area contributed by atoms with E-state index in [0.717, 1.165) is 18.7 Å². The van der Waals surface area contributed by atoms with Crippen molar-refractivity contribution >= 4 is 23.2 Å². The Hall–Kier alpha value is -2.58. The number of halogens is 1. The van der Waals surface area contributed by atoms with Gasteiger partial charge in [0.15, 0.2) is 0 Å². The Kier molecular flexibility index (Phi) is 4.97. The highest BCUT2D eigenvalue weighted by Gasteiger charge is 2.22. The highest BCUT2D eigenvalue weighted by atomic mass is 35.5. The van der Waals surface area contributed by atoms with Crippen molar-refractivity contribution < 1.29 is 4.79 Å². The number of anilines is 1. The van der Waals surface area contributed by atoms with Crippen molar-refractivity contribution in [1.29, 1.82) is 5.26 Å². The Labute approximate surface area is 146 Å². The zero-order chi connectivity index (χ0) is 16.9. The van der Waals surface area contributed by atoms with Crippen LogP contribution >= 0.6 is 11.6 Å². The Bertz CT molecular complexity index is 772. The maximum absolute atomic E-state index is 12.6. The lowest BCUT2D eigenvalue weighted by Gasteiger charge is -2.25. The van der Waals surface area contributed by atoms with Crippen molar-refractivity contribution in [3.63, 3.8) is 0 Å². The number of amides is 1. The van der Waals surface area contributed by atoms with Gasteiger partial charge in [0, 0.05) is 44.1 Å². The van der Waals surface area contributed by atoms with E-state index in [9.17, 15) is 10.1 Å². The molecule has 2 heterocycles. The van der Waals surface area contributed by atoms with Crippen molar-refractivity contribution in [3.8, 4) is 6.07 Å². The summed E-state index contributed by atoms with van der Waals surface area (Å²) in [6.45, 7) is 2.69. The summed E-state index contributed by atoms with van der Waals surface area (Å²) in [5.74, 6) is 0.0129. The molecule has 0 unspecified atom stereocenters. The Morgan fingerprint density at radius 1 is 1.12 bits per heavy atom. The third kappa shape index (κ3) is 3.34. The van der Waals surface area contributed by atoms with Gasteiger partial charge in [0.25, 0.3) is 5.91 Å². The van der Waals surface area contributed by atoms with E-state index in [4.69, 9.17) is 11.6 Å². The first-order valence-electron chi connectivity index (χ1n) is 7.83. The lowest BCUT2D eigenvalue weighted by molar-refractivity contribution is 0.0767. The summed E-state index contributed by atoms with van der Waals surface area (Å²) in [7, 11) is 0. The summed E-state index contributed by atoms with van der Waals surface area (Å²) >= 11 is 6.31. The first-order valence-corrected chi connectivity index (χ1v) is 8.21. The molecule has 122 valence electrons. The zero-order valence-electron chi connectivity index (χ0n) is 13.2. The average molecular weight is 341 g/mol. The highest BCUT2D eigenvalue weighted by molar-refractivity contribution is 6.33. The lowest BCUT2D eigenvalue weighted by atomic mass is 10.1. The summed E-state index contributed by atoms with van der Waals surface area (Å²) in [6, 6.07) is 11.0. The second-order valence-electron chi connectivity index (χ2n) is 5.62. The molecule has 5 nitrogen and oxygen atoms in total. The summed E-state index contributed by atoms with van der Waals surface area (Å²) in [6.07, 6.45) is 4.08. The molecule has 3 rings (SSSR count). The SMILES string of the molecule is N#Cc1cccc(Cl)c1N1CCCN(C(=O)c2ccncc2)CC1. The fourth-order valence-electron chi connectivity index (χ4n) is 2.95. The van der Waals surface area contributed by atoms with Crippen LogP contribution in [0.4, 0.5) is 5.69 Å². The van der Waals surface area contributed by atoms with E-state index in [1.54, 1.807) is 42.7 Å². The smallest absolute Gasteiger partial charge is 0.254 e. The zero-order valence-corrected chi connectivity index (χ0v) is 13.9. The molecule has 1 aromatic heterocycles. The van der Waals surface area contributed by atoms with Gasteiger partial charge in [-0.2, -0.15) is 5.26 Å². The van der Waals surface area contributed by atoms with Crippen LogP contribution in [0.15, 0.2) is 42.7 Å². The fraction of sp³-hybridized carbons (Fsp3) is 0.278. The van der Waals surface area contributed by atoms with Crippen LogP contribution in [0, 0.1) is 11.3 Å². The Morgan fingerprint density at radius 3 is 2.67 bits per heavy atom. The highest BCUT2D eigenvalue weighted by Crippen LogP contribution is 2.30. The minimum atomic E-state index is 0.0129. The van der Waals surface area contributed by atoms with Crippen LogP contribution < -0.4 is 4.90 Å². The van der Waals surface area contributed by atoms with Gasteiger partial charge < -0.3 is 9.80 Å². The number of pyridine rings is 1. The molecule has 0 aliphatic carbocycles. The monoisotopic (exact) mass is 340 g/mol.